The molecule has 13 heavy (non-hydrogen) atoms. The molecule has 2 unspecified atom stereocenters. The first kappa shape index (κ1) is 8.92. The second kappa shape index (κ2) is 2.25. The minimum absolute atomic E-state index is 0.195. The quantitative estimate of drug-likeness (QED) is 0.526. The Bertz CT molecular complexity index is 215. The minimum Gasteiger partial charge on any atom is -0.390 e. The molecule has 4 rings (SSSR count). The van der Waals surface area contributed by atoms with Gasteiger partial charge in [0, 0.05) is 9.84 Å². The fraction of sp³-hybridized carbons (Fsp3) is 1.00. The van der Waals surface area contributed by atoms with E-state index in [4.69, 9.17) is 0 Å². The number of hydrogen-bond acceptors (Lipinski definition) is 2. The van der Waals surface area contributed by atoms with Crippen LogP contribution in [0.4, 0.5) is 0 Å². The summed E-state index contributed by atoms with van der Waals surface area (Å²) in [4.78, 5) is 0. The summed E-state index contributed by atoms with van der Waals surface area (Å²) >= 11 is 2.47. The van der Waals surface area contributed by atoms with Gasteiger partial charge in [0.1, 0.15) is 0 Å². The Labute approximate surface area is 91.9 Å². The summed E-state index contributed by atoms with van der Waals surface area (Å²) in [7, 11) is 0. The maximum atomic E-state index is 10.3. The average Bonchev–Trinajstić information content (AvgIpc) is 1.71. The van der Waals surface area contributed by atoms with E-state index in [0.717, 1.165) is 25.7 Å². The van der Waals surface area contributed by atoms with Crippen molar-refractivity contribution in [1.82, 2.24) is 0 Å². The van der Waals surface area contributed by atoms with Crippen LogP contribution in [0.15, 0.2) is 0 Å². The fourth-order valence-electron chi connectivity index (χ4n) is 4.22. The van der Waals surface area contributed by atoms with E-state index in [9.17, 15) is 10.2 Å². The molecular weight excluding hydrogens is 279 g/mol. The van der Waals surface area contributed by atoms with Gasteiger partial charge in [-0.3, -0.25) is 0 Å². The van der Waals surface area contributed by atoms with Crippen molar-refractivity contribution in [3.63, 3.8) is 0 Å². The van der Waals surface area contributed by atoms with E-state index in [1.165, 1.54) is 6.42 Å². The Morgan fingerprint density at radius 2 is 1.46 bits per heavy atom. The van der Waals surface area contributed by atoms with E-state index in [1.807, 2.05) is 0 Å². The van der Waals surface area contributed by atoms with Gasteiger partial charge in [0.15, 0.2) is 0 Å². The second-order valence-electron chi connectivity index (χ2n) is 5.61. The summed E-state index contributed by atoms with van der Waals surface area (Å²) in [6.45, 7) is 0. The van der Waals surface area contributed by atoms with Gasteiger partial charge in [-0.2, -0.15) is 0 Å². The molecule has 4 aliphatic rings. The summed E-state index contributed by atoms with van der Waals surface area (Å²) in [5.74, 6) is 0.572. The molecule has 0 saturated heterocycles. The number of hydrogen-bond donors (Lipinski definition) is 2. The average molecular weight is 294 g/mol. The van der Waals surface area contributed by atoms with Crippen molar-refractivity contribution in [2.24, 2.45) is 5.92 Å². The third-order valence-corrected chi connectivity index (χ3v) is 5.14. The summed E-state index contributed by atoms with van der Waals surface area (Å²) in [6.07, 6.45) is 5.50. The lowest BCUT2D eigenvalue weighted by atomic mass is 9.52. The van der Waals surface area contributed by atoms with Crippen LogP contribution < -0.4 is 0 Å². The molecule has 4 saturated carbocycles. The molecule has 0 aromatic heterocycles. The van der Waals surface area contributed by atoms with E-state index in [2.05, 4.69) is 22.6 Å². The topological polar surface area (TPSA) is 40.5 Å². The first-order chi connectivity index (χ1) is 5.91. The van der Waals surface area contributed by atoms with Crippen LogP contribution >= 0.6 is 22.6 Å². The molecule has 0 spiro atoms. The van der Waals surface area contributed by atoms with Crippen LogP contribution in [-0.2, 0) is 0 Å². The number of alkyl halides is 1. The Morgan fingerprint density at radius 1 is 0.923 bits per heavy atom. The van der Waals surface area contributed by atoms with Gasteiger partial charge in [-0.15, -0.1) is 0 Å². The van der Waals surface area contributed by atoms with Crippen molar-refractivity contribution in [3.8, 4) is 0 Å². The molecule has 0 aliphatic heterocycles. The Hall–Kier alpha value is 0.650. The molecule has 2 nitrogen and oxygen atoms in total. The summed E-state index contributed by atoms with van der Waals surface area (Å²) in [5.41, 5.74) is -1.06. The van der Waals surface area contributed by atoms with Gasteiger partial charge in [0.25, 0.3) is 0 Å². The van der Waals surface area contributed by atoms with Crippen LogP contribution in [0.5, 0.6) is 0 Å². The van der Waals surface area contributed by atoms with E-state index in [-0.39, 0.29) is 3.42 Å². The molecule has 4 aliphatic carbocycles. The van der Waals surface area contributed by atoms with Crippen LogP contribution in [0.3, 0.4) is 0 Å². The molecule has 4 bridgehead atoms. The summed E-state index contributed by atoms with van der Waals surface area (Å²) in [5, 5.41) is 20.5. The normalized spacial score (nSPS) is 64.4. The number of halogens is 1. The molecule has 2 N–H and O–H groups in total. The summed E-state index contributed by atoms with van der Waals surface area (Å²) < 4.78 is 0.195. The van der Waals surface area contributed by atoms with Crippen molar-refractivity contribution in [1.29, 1.82) is 0 Å². The van der Waals surface area contributed by atoms with Crippen LogP contribution in [-0.4, -0.2) is 24.8 Å². The highest BCUT2D eigenvalue weighted by molar-refractivity contribution is 14.1. The molecular formula is C10H15IO2. The summed E-state index contributed by atoms with van der Waals surface area (Å²) in [6, 6.07) is 0. The molecule has 0 aromatic carbocycles. The van der Waals surface area contributed by atoms with Crippen LogP contribution in [0.25, 0.3) is 0 Å². The van der Waals surface area contributed by atoms with Gasteiger partial charge >= 0.3 is 0 Å². The first-order valence-corrected chi connectivity index (χ1v) is 6.12. The Balaban J connectivity index is 2.03. The van der Waals surface area contributed by atoms with Crippen molar-refractivity contribution >= 4 is 22.6 Å². The van der Waals surface area contributed by atoms with Crippen LogP contribution in [0.1, 0.15) is 38.5 Å². The highest BCUT2D eigenvalue weighted by atomic mass is 127. The van der Waals surface area contributed by atoms with Gasteiger partial charge < -0.3 is 10.2 Å². The fourth-order valence-corrected chi connectivity index (χ4v) is 6.26. The molecule has 74 valence electrons. The van der Waals surface area contributed by atoms with Crippen molar-refractivity contribution in [2.75, 3.05) is 0 Å². The predicted octanol–water partition coefficient (Wildman–Crippen LogP) is 1.62. The lowest BCUT2D eigenvalue weighted by Crippen LogP contribution is -2.63. The van der Waals surface area contributed by atoms with E-state index in [1.54, 1.807) is 0 Å². The van der Waals surface area contributed by atoms with Crippen LogP contribution in [0, 0.1) is 5.92 Å². The smallest absolute Gasteiger partial charge is 0.0690 e. The van der Waals surface area contributed by atoms with Gasteiger partial charge in [-0.05, 0) is 38.0 Å². The zero-order valence-corrected chi connectivity index (χ0v) is 9.75. The molecule has 0 amide bonds. The van der Waals surface area contributed by atoms with E-state index >= 15 is 0 Å². The van der Waals surface area contributed by atoms with Gasteiger partial charge in [-0.25, -0.2) is 0 Å². The SMILES string of the molecule is OC12CC3CC(O)(C1)CC(I)(C3)C2. The third-order valence-electron chi connectivity index (χ3n) is 3.94. The van der Waals surface area contributed by atoms with Gasteiger partial charge in [0.05, 0.1) is 11.2 Å². The molecule has 3 heteroatoms. The standard InChI is InChI=1S/C10H15IO2/c11-8-1-7-2-9(12,4-8)6-10(13,3-7)5-8/h7,12-13H,1-6H2. The Morgan fingerprint density at radius 3 is 1.85 bits per heavy atom. The van der Waals surface area contributed by atoms with Crippen LogP contribution in [0.2, 0.25) is 0 Å². The minimum atomic E-state index is -0.532. The Kier molecular flexibility index (Phi) is 1.54. The van der Waals surface area contributed by atoms with Gasteiger partial charge in [-0.1, -0.05) is 22.6 Å². The zero-order chi connectivity index (χ0) is 9.32. The maximum absolute atomic E-state index is 10.3. The molecule has 4 fully saturated rings. The molecule has 0 aromatic rings. The second-order valence-corrected chi connectivity index (χ2v) is 7.90. The predicted molar refractivity (Wildman–Crippen MR) is 57.8 cm³/mol. The zero-order valence-electron chi connectivity index (χ0n) is 7.59. The first-order valence-electron chi connectivity index (χ1n) is 5.04. The highest BCUT2D eigenvalue weighted by Crippen LogP contribution is 2.62. The number of rotatable bonds is 0. The van der Waals surface area contributed by atoms with E-state index < -0.39 is 11.2 Å². The third kappa shape index (κ3) is 1.27. The largest absolute Gasteiger partial charge is 0.390 e. The van der Waals surface area contributed by atoms with Crippen molar-refractivity contribution in [3.05, 3.63) is 0 Å². The number of aliphatic hydroxyl groups is 2. The molecule has 2 atom stereocenters. The van der Waals surface area contributed by atoms with Crippen molar-refractivity contribution in [2.45, 2.75) is 53.1 Å². The molecule has 0 heterocycles. The monoisotopic (exact) mass is 294 g/mol. The highest BCUT2D eigenvalue weighted by Gasteiger charge is 2.61. The van der Waals surface area contributed by atoms with Gasteiger partial charge in [0.2, 0.25) is 0 Å². The molecule has 0 radical (unpaired) electrons. The lowest BCUT2D eigenvalue weighted by molar-refractivity contribution is -0.186. The maximum Gasteiger partial charge on any atom is 0.0690 e. The van der Waals surface area contributed by atoms with E-state index in [0.29, 0.717) is 12.3 Å². The van der Waals surface area contributed by atoms with Crippen molar-refractivity contribution < 1.29 is 10.2 Å². The lowest BCUT2D eigenvalue weighted by Gasteiger charge is -2.61.